The van der Waals surface area contributed by atoms with Crippen molar-refractivity contribution in [1.82, 2.24) is 9.80 Å². The number of amides is 2. The van der Waals surface area contributed by atoms with E-state index in [1.165, 1.54) is 0 Å². The molecule has 0 radical (unpaired) electrons. The van der Waals surface area contributed by atoms with Crippen LogP contribution in [0.1, 0.15) is 49.9 Å². The zero-order valence-corrected chi connectivity index (χ0v) is 14.4. The van der Waals surface area contributed by atoms with E-state index < -0.39 is 0 Å². The zero-order valence-electron chi connectivity index (χ0n) is 14.4. The van der Waals surface area contributed by atoms with Crippen LogP contribution >= 0.6 is 0 Å². The minimum Gasteiger partial charge on any atom is -0.345 e. The van der Waals surface area contributed by atoms with Gasteiger partial charge >= 0.3 is 0 Å². The molecule has 116 valence electrons. The zero-order chi connectivity index (χ0) is 16.5. The van der Waals surface area contributed by atoms with E-state index in [0.717, 1.165) is 28.7 Å². The van der Waals surface area contributed by atoms with Crippen LogP contribution in [0.4, 0.5) is 0 Å². The number of nitrogens with zero attached hydrogens (tertiary/aromatic N) is 2. The van der Waals surface area contributed by atoms with E-state index in [2.05, 4.69) is 6.92 Å². The van der Waals surface area contributed by atoms with E-state index in [1.807, 2.05) is 20.8 Å². The van der Waals surface area contributed by atoms with Gasteiger partial charge in [0.2, 0.25) is 0 Å². The first-order valence-corrected chi connectivity index (χ1v) is 7.20. The summed E-state index contributed by atoms with van der Waals surface area (Å²) >= 11 is 0. The summed E-state index contributed by atoms with van der Waals surface area (Å²) in [5.41, 5.74) is 5.17. The van der Waals surface area contributed by atoms with Crippen LogP contribution in [0.15, 0.2) is 0 Å². The Balaban J connectivity index is 3.79. The fourth-order valence-electron chi connectivity index (χ4n) is 2.89. The summed E-state index contributed by atoms with van der Waals surface area (Å²) < 4.78 is 0. The first kappa shape index (κ1) is 17.2. The molecule has 0 spiro atoms. The summed E-state index contributed by atoms with van der Waals surface area (Å²) in [6.45, 7) is 7.87. The number of carbonyl (C=O) groups excluding carboxylic acids is 2. The molecule has 1 aromatic rings. The molecule has 0 saturated heterocycles. The molecule has 0 atom stereocenters. The van der Waals surface area contributed by atoms with Crippen molar-refractivity contribution in [3.63, 3.8) is 0 Å². The standard InChI is InChI=1S/C17H26N2O2/c1-9-13-10(2)14(16(20)18(5)6)12(4)15(11(13)3)17(21)19(7)8/h9H2,1-8H3. The summed E-state index contributed by atoms with van der Waals surface area (Å²) in [5, 5.41) is 0. The van der Waals surface area contributed by atoms with Gasteiger partial charge in [-0.2, -0.15) is 0 Å². The second kappa shape index (κ2) is 6.29. The van der Waals surface area contributed by atoms with E-state index in [1.54, 1.807) is 38.0 Å². The van der Waals surface area contributed by atoms with Gasteiger partial charge in [-0.3, -0.25) is 9.59 Å². The molecule has 0 saturated carbocycles. The summed E-state index contributed by atoms with van der Waals surface area (Å²) in [4.78, 5) is 28.1. The van der Waals surface area contributed by atoms with E-state index in [4.69, 9.17) is 0 Å². The van der Waals surface area contributed by atoms with E-state index in [-0.39, 0.29) is 11.8 Å². The van der Waals surface area contributed by atoms with Gasteiger partial charge in [-0.1, -0.05) is 6.92 Å². The molecule has 4 nitrogen and oxygen atoms in total. The molecule has 2 amide bonds. The van der Waals surface area contributed by atoms with Gasteiger partial charge in [0.05, 0.1) is 0 Å². The van der Waals surface area contributed by atoms with E-state index in [9.17, 15) is 9.59 Å². The molecule has 0 aliphatic carbocycles. The summed E-state index contributed by atoms with van der Waals surface area (Å²) in [6.07, 6.45) is 0.805. The maximum absolute atomic E-state index is 12.5. The monoisotopic (exact) mass is 290 g/mol. The molecule has 0 N–H and O–H groups in total. The number of carbonyl (C=O) groups is 2. The fraction of sp³-hybridized carbons (Fsp3) is 0.529. The molecule has 0 aliphatic rings. The predicted octanol–water partition coefficient (Wildman–Crippen LogP) is 2.58. The van der Waals surface area contributed by atoms with Crippen LogP contribution in [0.3, 0.4) is 0 Å². The third-order valence-corrected chi connectivity index (χ3v) is 4.00. The van der Waals surface area contributed by atoms with Gasteiger partial charge < -0.3 is 9.80 Å². The van der Waals surface area contributed by atoms with Crippen LogP contribution < -0.4 is 0 Å². The summed E-state index contributed by atoms with van der Waals surface area (Å²) in [5.74, 6) is -0.0972. The largest absolute Gasteiger partial charge is 0.345 e. The Kier molecular flexibility index (Phi) is 5.15. The number of hydrogen-bond acceptors (Lipinski definition) is 2. The Labute approximate surface area is 127 Å². The Morgan fingerprint density at radius 3 is 1.33 bits per heavy atom. The van der Waals surface area contributed by atoms with E-state index >= 15 is 0 Å². The lowest BCUT2D eigenvalue weighted by atomic mass is 9.86. The molecule has 0 fully saturated rings. The van der Waals surface area contributed by atoms with Crippen molar-refractivity contribution < 1.29 is 9.59 Å². The molecule has 0 unspecified atom stereocenters. The number of benzene rings is 1. The van der Waals surface area contributed by atoms with Crippen LogP contribution in [-0.2, 0) is 6.42 Å². The van der Waals surface area contributed by atoms with Crippen molar-refractivity contribution >= 4 is 11.8 Å². The van der Waals surface area contributed by atoms with Crippen LogP contribution in [0.25, 0.3) is 0 Å². The third-order valence-electron chi connectivity index (χ3n) is 4.00. The van der Waals surface area contributed by atoms with Gasteiger partial charge in [-0.05, 0) is 49.4 Å². The van der Waals surface area contributed by atoms with Crippen molar-refractivity contribution in [2.24, 2.45) is 0 Å². The molecule has 0 bridgehead atoms. The van der Waals surface area contributed by atoms with Crippen LogP contribution in [0.5, 0.6) is 0 Å². The highest BCUT2D eigenvalue weighted by atomic mass is 16.2. The highest BCUT2D eigenvalue weighted by Crippen LogP contribution is 2.29. The number of rotatable bonds is 3. The van der Waals surface area contributed by atoms with Gasteiger partial charge in [-0.25, -0.2) is 0 Å². The van der Waals surface area contributed by atoms with Crippen molar-refractivity contribution in [2.45, 2.75) is 34.1 Å². The topological polar surface area (TPSA) is 40.6 Å². The van der Waals surface area contributed by atoms with Gasteiger partial charge in [0, 0.05) is 39.3 Å². The van der Waals surface area contributed by atoms with Crippen molar-refractivity contribution in [3.8, 4) is 0 Å². The summed E-state index contributed by atoms with van der Waals surface area (Å²) in [7, 11) is 6.94. The van der Waals surface area contributed by atoms with Crippen molar-refractivity contribution in [1.29, 1.82) is 0 Å². The minimum absolute atomic E-state index is 0.0486. The van der Waals surface area contributed by atoms with Crippen LogP contribution in [0.2, 0.25) is 0 Å². The fourth-order valence-corrected chi connectivity index (χ4v) is 2.89. The third kappa shape index (κ3) is 2.94. The Hall–Kier alpha value is -1.84. The van der Waals surface area contributed by atoms with E-state index in [0.29, 0.717) is 11.1 Å². The molecule has 21 heavy (non-hydrogen) atoms. The normalized spacial score (nSPS) is 10.5. The van der Waals surface area contributed by atoms with Crippen LogP contribution in [-0.4, -0.2) is 49.8 Å². The first-order chi connectivity index (χ1) is 9.64. The van der Waals surface area contributed by atoms with Gasteiger partial charge in [0.1, 0.15) is 0 Å². The number of hydrogen-bond donors (Lipinski definition) is 0. The Morgan fingerprint density at radius 1 is 0.762 bits per heavy atom. The smallest absolute Gasteiger partial charge is 0.253 e. The molecular weight excluding hydrogens is 264 g/mol. The molecule has 0 aliphatic heterocycles. The van der Waals surface area contributed by atoms with Crippen molar-refractivity contribution in [3.05, 3.63) is 33.4 Å². The highest BCUT2D eigenvalue weighted by Gasteiger charge is 2.25. The van der Waals surface area contributed by atoms with Crippen molar-refractivity contribution in [2.75, 3.05) is 28.2 Å². The second-order valence-electron chi connectivity index (χ2n) is 5.86. The first-order valence-electron chi connectivity index (χ1n) is 7.20. The molecular formula is C17H26N2O2. The van der Waals surface area contributed by atoms with Crippen LogP contribution in [0, 0.1) is 20.8 Å². The molecule has 0 aromatic heterocycles. The summed E-state index contributed by atoms with van der Waals surface area (Å²) in [6, 6.07) is 0. The Morgan fingerprint density at radius 2 is 1.10 bits per heavy atom. The van der Waals surface area contributed by atoms with Gasteiger partial charge in [0.15, 0.2) is 0 Å². The average molecular weight is 290 g/mol. The molecule has 1 rings (SSSR count). The lowest BCUT2D eigenvalue weighted by Gasteiger charge is -2.24. The maximum Gasteiger partial charge on any atom is 0.253 e. The molecule has 0 heterocycles. The maximum atomic E-state index is 12.5. The minimum atomic E-state index is -0.0486. The Bertz CT molecular complexity index is 540. The lowest BCUT2D eigenvalue weighted by Crippen LogP contribution is -2.29. The SMILES string of the molecule is CCc1c(C)c(C(=O)N(C)C)c(C)c(C(=O)N(C)C)c1C. The van der Waals surface area contributed by atoms with Gasteiger partial charge in [-0.15, -0.1) is 0 Å². The molecule has 1 aromatic carbocycles. The highest BCUT2D eigenvalue weighted by molar-refractivity contribution is 6.04. The average Bonchev–Trinajstić information content (AvgIpc) is 2.38. The molecule has 4 heteroatoms. The quantitative estimate of drug-likeness (QED) is 0.858. The van der Waals surface area contributed by atoms with Gasteiger partial charge in [0.25, 0.3) is 11.8 Å². The second-order valence-corrected chi connectivity index (χ2v) is 5.86. The lowest BCUT2D eigenvalue weighted by molar-refractivity contribution is 0.0823. The predicted molar refractivity (Wildman–Crippen MR) is 86.1 cm³/mol.